The maximum Gasteiger partial charge on any atom is 0.266 e. The molecule has 19 heavy (non-hydrogen) atoms. The Morgan fingerprint density at radius 3 is 2.74 bits per heavy atom. The van der Waals surface area contributed by atoms with Gasteiger partial charge in [-0.05, 0) is 13.3 Å². The smallest absolute Gasteiger partial charge is 0.266 e. The first-order valence-corrected chi connectivity index (χ1v) is 7.11. The molecule has 1 saturated heterocycles. The second-order valence-electron chi connectivity index (χ2n) is 4.38. The van der Waals surface area contributed by atoms with Gasteiger partial charge >= 0.3 is 0 Å². The van der Waals surface area contributed by atoms with Gasteiger partial charge in [-0.2, -0.15) is 4.98 Å². The fourth-order valence-corrected chi connectivity index (χ4v) is 3.12. The van der Waals surface area contributed by atoms with Crippen LogP contribution in [0.3, 0.4) is 0 Å². The summed E-state index contributed by atoms with van der Waals surface area (Å²) in [4.78, 5) is 12.7. The molecule has 0 aromatic carbocycles. The van der Waals surface area contributed by atoms with Gasteiger partial charge in [0.15, 0.2) is 5.82 Å². The molecule has 1 aromatic rings. The summed E-state index contributed by atoms with van der Waals surface area (Å²) in [5, 5.41) is 1.06. The lowest BCUT2D eigenvalue weighted by atomic mass is 10.2. The second-order valence-corrected chi connectivity index (χ2v) is 5.46. The van der Waals surface area contributed by atoms with E-state index in [4.69, 9.17) is 4.74 Å². The summed E-state index contributed by atoms with van der Waals surface area (Å²) in [5.41, 5.74) is 1.07. The molecule has 6 heteroatoms. The molecular formula is C13H16ClN3OS. The van der Waals surface area contributed by atoms with E-state index in [1.54, 1.807) is 11.8 Å². The number of hydrogen-bond donors (Lipinski definition) is 0. The first kappa shape index (κ1) is 14.5. The number of aromatic nitrogens is 2. The van der Waals surface area contributed by atoms with Crippen LogP contribution in [0.15, 0.2) is 9.93 Å². The number of hydrogen-bond acceptors (Lipinski definition) is 5. The van der Waals surface area contributed by atoms with Gasteiger partial charge in [-0.25, -0.2) is 0 Å². The van der Waals surface area contributed by atoms with E-state index in [-0.39, 0.29) is 12.4 Å². The minimum atomic E-state index is 0. The number of morpholine rings is 1. The normalized spacial score (nSPS) is 17.4. The van der Waals surface area contributed by atoms with Crippen LogP contribution < -0.4 is 17.3 Å². The molecule has 2 aliphatic heterocycles. The molecule has 3 heterocycles. The molecule has 0 bridgehead atoms. The molecule has 102 valence electrons. The van der Waals surface area contributed by atoms with Gasteiger partial charge in [-0.3, -0.25) is 4.90 Å². The van der Waals surface area contributed by atoms with E-state index in [1.807, 2.05) is 6.92 Å². The molecule has 0 radical (unpaired) electrons. The van der Waals surface area contributed by atoms with Gasteiger partial charge in [0.2, 0.25) is 5.03 Å². The summed E-state index contributed by atoms with van der Waals surface area (Å²) in [6.07, 6.45) is 4.45. The molecule has 0 N–H and O–H groups in total. The lowest BCUT2D eigenvalue weighted by Gasteiger charge is -2.24. The summed E-state index contributed by atoms with van der Waals surface area (Å²) in [6.45, 7) is 7.45. The van der Waals surface area contributed by atoms with Crippen molar-refractivity contribution in [2.24, 2.45) is 0 Å². The Balaban J connectivity index is 0.00000133. The Bertz CT molecular complexity index is 501. The first-order chi connectivity index (χ1) is 8.78. The minimum Gasteiger partial charge on any atom is -1.00 e. The zero-order valence-corrected chi connectivity index (χ0v) is 12.6. The topological polar surface area (TPSA) is 38.2 Å². The Kier molecular flexibility index (Phi) is 4.63. The van der Waals surface area contributed by atoms with E-state index in [0.717, 1.165) is 55.0 Å². The molecule has 0 saturated carbocycles. The van der Waals surface area contributed by atoms with Crippen molar-refractivity contribution in [2.45, 2.75) is 25.3 Å². The van der Waals surface area contributed by atoms with Crippen molar-refractivity contribution in [2.75, 3.05) is 31.2 Å². The van der Waals surface area contributed by atoms with E-state index >= 15 is 0 Å². The lowest BCUT2D eigenvalue weighted by Crippen LogP contribution is -3.00. The largest absolute Gasteiger partial charge is 1.00 e. The molecular weight excluding hydrogens is 282 g/mol. The Labute approximate surface area is 124 Å². The van der Waals surface area contributed by atoms with E-state index in [0.29, 0.717) is 0 Å². The van der Waals surface area contributed by atoms with Crippen molar-refractivity contribution < 1.29 is 17.1 Å². The Morgan fingerprint density at radius 2 is 2.05 bits per heavy atom. The van der Waals surface area contributed by atoms with E-state index in [2.05, 4.69) is 27.9 Å². The van der Waals surface area contributed by atoms with Gasteiger partial charge < -0.3 is 17.1 Å². The van der Waals surface area contributed by atoms with Crippen LogP contribution in [0.1, 0.15) is 24.7 Å². The molecule has 0 atom stereocenters. The van der Waals surface area contributed by atoms with Crippen molar-refractivity contribution in [1.82, 2.24) is 9.97 Å². The monoisotopic (exact) mass is 297 g/mol. The van der Waals surface area contributed by atoms with Crippen LogP contribution in [-0.2, 0) is 4.74 Å². The maximum atomic E-state index is 5.40. The maximum absolute atomic E-state index is 5.40. The van der Waals surface area contributed by atoms with E-state index < -0.39 is 0 Å². The zero-order valence-electron chi connectivity index (χ0n) is 11.1. The van der Waals surface area contributed by atoms with Crippen LogP contribution >= 0.6 is 11.8 Å². The molecule has 0 unspecified atom stereocenters. The molecule has 0 spiro atoms. The van der Waals surface area contributed by atoms with Crippen LogP contribution in [0.25, 0.3) is 0 Å². The van der Waals surface area contributed by atoms with Crippen LogP contribution in [0.5, 0.6) is 0 Å². The fraction of sp³-hybridized carbons (Fsp3) is 0.538. The standard InChI is InChI=1S/C13H16N3OS.ClH/c1-3-10-8-11-12(16-4-6-17-7-5-16)14-9(2)15-13(11)18-10;/h3-7H2,1-2H3;1H/q+1;/p-1. The van der Waals surface area contributed by atoms with E-state index in [1.165, 1.54) is 4.91 Å². The zero-order chi connectivity index (χ0) is 12.5. The van der Waals surface area contributed by atoms with Crippen LogP contribution in [0, 0.1) is 13.0 Å². The predicted octanol–water partition coefficient (Wildman–Crippen LogP) is -0.823. The molecule has 1 aromatic heterocycles. The molecule has 2 aliphatic rings. The van der Waals surface area contributed by atoms with Gasteiger partial charge in [0.25, 0.3) is 11.4 Å². The molecule has 0 amide bonds. The van der Waals surface area contributed by atoms with Crippen LogP contribution in [0.2, 0.25) is 0 Å². The van der Waals surface area contributed by atoms with Gasteiger partial charge in [0.1, 0.15) is 4.91 Å². The number of halogens is 1. The summed E-state index contributed by atoms with van der Waals surface area (Å²) in [6, 6.07) is 0. The summed E-state index contributed by atoms with van der Waals surface area (Å²) < 4.78 is 5.40. The van der Waals surface area contributed by atoms with E-state index in [9.17, 15) is 0 Å². The Hall–Kier alpha value is -0.870. The highest BCUT2D eigenvalue weighted by Crippen LogP contribution is 2.40. The third-order valence-corrected chi connectivity index (χ3v) is 4.21. The number of anilines is 1. The second kappa shape index (κ2) is 6.06. The number of ether oxygens (including phenoxy) is 1. The number of rotatable bonds is 2. The number of allylic oxidation sites excluding steroid dienone is 1. The number of nitrogens with zero attached hydrogens (tertiary/aromatic N) is 3. The highest BCUT2D eigenvalue weighted by atomic mass is 35.5. The van der Waals surface area contributed by atoms with Gasteiger partial charge in [-0.1, -0.05) is 6.92 Å². The van der Waals surface area contributed by atoms with Crippen molar-refractivity contribution in [3.05, 3.63) is 22.4 Å². The Morgan fingerprint density at radius 1 is 1.32 bits per heavy atom. The van der Waals surface area contributed by atoms with Gasteiger partial charge in [0, 0.05) is 11.8 Å². The van der Waals surface area contributed by atoms with Crippen molar-refractivity contribution in [3.63, 3.8) is 0 Å². The number of fused-ring (bicyclic) bond motifs is 1. The van der Waals surface area contributed by atoms with Crippen molar-refractivity contribution in [1.29, 1.82) is 0 Å². The van der Waals surface area contributed by atoms with Crippen molar-refractivity contribution >= 4 is 17.6 Å². The lowest BCUT2D eigenvalue weighted by molar-refractivity contribution is -0.00000462. The SMILES string of the molecule is CCC1=[C+]c2c(nc(C)nc2N2CCOCC2)S1.[Cl-]. The van der Waals surface area contributed by atoms with Crippen molar-refractivity contribution in [3.8, 4) is 0 Å². The highest BCUT2D eigenvalue weighted by molar-refractivity contribution is 8.03. The predicted molar refractivity (Wildman–Crippen MR) is 71.8 cm³/mol. The molecule has 1 fully saturated rings. The molecule has 4 nitrogen and oxygen atoms in total. The van der Waals surface area contributed by atoms with Gasteiger partial charge in [0.05, 0.1) is 32.4 Å². The molecule has 0 aliphatic carbocycles. The van der Waals surface area contributed by atoms with Crippen LogP contribution in [-0.4, -0.2) is 36.3 Å². The minimum absolute atomic E-state index is 0. The summed E-state index contributed by atoms with van der Waals surface area (Å²) in [7, 11) is 0. The van der Waals surface area contributed by atoms with Crippen LogP contribution in [0.4, 0.5) is 5.82 Å². The summed E-state index contributed by atoms with van der Waals surface area (Å²) >= 11 is 1.73. The summed E-state index contributed by atoms with van der Waals surface area (Å²) in [5.74, 6) is 1.86. The molecule has 3 rings (SSSR count). The third kappa shape index (κ3) is 2.84. The quantitative estimate of drug-likeness (QED) is 0.527. The first-order valence-electron chi connectivity index (χ1n) is 6.30. The number of aryl methyl sites for hydroxylation is 1. The average molecular weight is 298 g/mol. The number of thioether (sulfide) groups is 1. The average Bonchev–Trinajstić information content (AvgIpc) is 2.81. The highest BCUT2D eigenvalue weighted by Gasteiger charge is 2.34. The fourth-order valence-electron chi connectivity index (χ4n) is 2.16. The third-order valence-electron chi connectivity index (χ3n) is 3.08. The van der Waals surface area contributed by atoms with Gasteiger partial charge in [-0.15, -0.1) is 4.98 Å².